The zero-order chi connectivity index (χ0) is 20.5. The van der Waals surface area contributed by atoms with Gasteiger partial charge in [-0.05, 0) is 38.1 Å². The van der Waals surface area contributed by atoms with Crippen molar-refractivity contribution in [1.29, 1.82) is 0 Å². The molecule has 0 aliphatic rings. The molecule has 0 atom stereocenters. The van der Waals surface area contributed by atoms with Crippen LogP contribution in [-0.4, -0.2) is 42.5 Å². The Morgan fingerprint density at radius 2 is 1.64 bits per heavy atom. The Kier molecular flexibility index (Phi) is 7.56. The second kappa shape index (κ2) is 10.1. The second-order valence-corrected chi connectivity index (χ2v) is 5.86. The highest BCUT2D eigenvalue weighted by Crippen LogP contribution is 2.24. The molecule has 0 aliphatic carbocycles. The smallest absolute Gasteiger partial charge is 0.379 e. The number of esters is 1. The average molecular weight is 386 g/mol. The highest BCUT2D eigenvalue weighted by molar-refractivity contribution is 6.40. The highest BCUT2D eigenvalue weighted by Gasteiger charge is 2.17. The molecule has 0 saturated carbocycles. The first-order valence-electron chi connectivity index (χ1n) is 8.83. The molecule has 2 aromatic carbocycles. The van der Waals surface area contributed by atoms with Gasteiger partial charge >= 0.3 is 5.97 Å². The van der Waals surface area contributed by atoms with E-state index in [4.69, 9.17) is 14.2 Å². The predicted octanol–water partition coefficient (Wildman–Crippen LogP) is 3.19. The first-order valence-corrected chi connectivity index (χ1v) is 8.83. The third kappa shape index (κ3) is 5.84. The quantitative estimate of drug-likeness (QED) is 0.290. The molecule has 2 aromatic rings. The Bertz CT molecular complexity index is 858. The number of hydrogen-bond donors (Lipinski definition) is 1. The number of rotatable bonds is 10. The number of aromatic hydroxyl groups is 1. The molecule has 0 bridgehead atoms. The minimum atomic E-state index is -0.896. The molecule has 28 heavy (non-hydrogen) atoms. The molecule has 0 unspecified atom stereocenters. The summed E-state index contributed by atoms with van der Waals surface area (Å²) in [4.78, 5) is 34.7. The number of Topliss-reactive ketones (excluding diaryl/α,β-unsaturated/α-hetero) is 2. The van der Waals surface area contributed by atoms with Crippen LogP contribution in [0, 0.1) is 0 Å². The van der Waals surface area contributed by atoms with Crippen molar-refractivity contribution in [2.75, 3.05) is 19.8 Å². The lowest BCUT2D eigenvalue weighted by Crippen LogP contribution is -2.17. The zero-order valence-electron chi connectivity index (χ0n) is 15.8. The van der Waals surface area contributed by atoms with E-state index in [1.54, 1.807) is 25.1 Å². The number of phenolic OH excluding ortho intramolecular Hbond substituents is 1. The fraction of sp³-hybridized carbons (Fsp3) is 0.286. The van der Waals surface area contributed by atoms with Crippen LogP contribution in [0.4, 0.5) is 0 Å². The summed E-state index contributed by atoms with van der Waals surface area (Å²) in [6.45, 7) is 3.80. The third-order valence-electron chi connectivity index (χ3n) is 3.73. The maximum Gasteiger partial charge on any atom is 0.379 e. The van der Waals surface area contributed by atoms with Gasteiger partial charge in [-0.15, -0.1) is 0 Å². The summed E-state index contributed by atoms with van der Waals surface area (Å²) in [6.07, 6.45) is 0.547. The van der Waals surface area contributed by atoms with Crippen molar-refractivity contribution in [1.82, 2.24) is 0 Å². The number of phenols is 1. The Labute approximate surface area is 162 Å². The van der Waals surface area contributed by atoms with E-state index in [1.165, 1.54) is 31.2 Å². The van der Waals surface area contributed by atoms with E-state index < -0.39 is 11.8 Å². The normalized spacial score (nSPS) is 10.2. The van der Waals surface area contributed by atoms with Gasteiger partial charge in [0.25, 0.3) is 5.78 Å². The Morgan fingerprint density at radius 3 is 2.25 bits per heavy atom. The first-order chi connectivity index (χ1) is 13.4. The van der Waals surface area contributed by atoms with Crippen LogP contribution in [0.1, 0.15) is 41.0 Å². The second-order valence-electron chi connectivity index (χ2n) is 5.86. The van der Waals surface area contributed by atoms with Crippen molar-refractivity contribution in [3.63, 3.8) is 0 Å². The van der Waals surface area contributed by atoms with Crippen LogP contribution in [0.2, 0.25) is 0 Å². The fourth-order valence-corrected chi connectivity index (χ4v) is 2.38. The number of hydrogen-bond acceptors (Lipinski definition) is 7. The van der Waals surface area contributed by atoms with E-state index >= 15 is 0 Å². The van der Waals surface area contributed by atoms with Crippen LogP contribution >= 0.6 is 0 Å². The van der Waals surface area contributed by atoms with Crippen LogP contribution in [0.25, 0.3) is 0 Å². The molecule has 0 heterocycles. The predicted molar refractivity (Wildman–Crippen MR) is 101 cm³/mol. The van der Waals surface area contributed by atoms with Crippen molar-refractivity contribution >= 4 is 17.5 Å². The molecular formula is C21H22O7. The maximum atomic E-state index is 11.9. The Hall–Kier alpha value is -3.35. The van der Waals surface area contributed by atoms with Gasteiger partial charge in [0.05, 0.1) is 25.4 Å². The van der Waals surface area contributed by atoms with E-state index in [0.717, 1.165) is 0 Å². The van der Waals surface area contributed by atoms with Crippen LogP contribution in [0.3, 0.4) is 0 Å². The van der Waals surface area contributed by atoms with Gasteiger partial charge in [-0.25, -0.2) is 4.79 Å². The minimum absolute atomic E-state index is 0.121. The number of carbonyl (C=O) groups is 3. The van der Waals surface area contributed by atoms with Crippen molar-refractivity contribution in [3.8, 4) is 17.2 Å². The lowest BCUT2D eigenvalue weighted by atomic mass is 10.1. The van der Waals surface area contributed by atoms with E-state index in [0.29, 0.717) is 31.1 Å². The summed E-state index contributed by atoms with van der Waals surface area (Å²) in [5.74, 6) is -1.05. The van der Waals surface area contributed by atoms with Crippen LogP contribution in [0.15, 0.2) is 42.5 Å². The summed E-state index contributed by atoms with van der Waals surface area (Å²) in [5, 5.41) is 9.77. The van der Waals surface area contributed by atoms with E-state index in [-0.39, 0.29) is 29.3 Å². The number of ketones is 2. The zero-order valence-corrected chi connectivity index (χ0v) is 15.8. The molecule has 0 fully saturated rings. The molecular weight excluding hydrogens is 364 g/mol. The average Bonchev–Trinajstić information content (AvgIpc) is 2.67. The van der Waals surface area contributed by atoms with Gasteiger partial charge in [-0.2, -0.15) is 0 Å². The van der Waals surface area contributed by atoms with Gasteiger partial charge in [0, 0.05) is 18.1 Å². The lowest BCUT2D eigenvalue weighted by molar-refractivity contribution is -0.137. The molecule has 0 aromatic heterocycles. The Balaban J connectivity index is 1.80. The molecule has 0 saturated heterocycles. The van der Waals surface area contributed by atoms with E-state index in [9.17, 15) is 19.5 Å². The van der Waals surface area contributed by atoms with E-state index in [1.807, 2.05) is 0 Å². The summed E-state index contributed by atoms with van der Waals surface area (Å²) in [5.41, 5.74) is 0.446. The summed E-state index contributed by atoms with van der Waals surface area (Å²) in [7, 11) is 0. The van der Waals surface area contributed by atoms with Gasteiger partial charge < -0.3 is 19.3 Å². The van der Waals surface area contributed by atoms with Gasteiger partial charge in [0.1, 0.15) is 17.2 Å². The Morgan fingerprint density at radius 1 is 0.964 bits per heavy atom. The van der Waals surface area contributed by atoms with E-state index in [2.05, 4.69) is 0 Å². The van der Waals surface area contributed by atoms with Crippen molar-refractivity contribution in [3.05, 3.63) is 53.6 Å². The topological polar surface area (TPSA) is 99.1 Å². The minimum Gasteiger partial charge on any atom is -0.507 e. The van der Waals surface area contributed by atoms with Gasteiger partial charge in [0.15, 0.2) is 5.78 Å². The van der Waals surface area contributed by atoms with Crippen molar-refractivity contribution < 1.29 is 33.7 Å². The molecule has 7 nitrogen and oxygen atoms in total. The van der Waals surface area contributed by atoms with Crippen LogP contribution in [-0.2, 0) is 9.53 Å². The molecule has 0 spiro atoms. The molecule has 0 amide bonds. The van der Waals surface area contributed by atoms with Crippen LogP contribution in [0.5, 0.6) is 17.2 Å². The molecule has 1 N–H and O–H groups in total. The molecule has 0 radical (unpaired) electrons. The summed E-state index contributed by atoms with van der Waals surface area (Å²) < 4.78 is 15.8. The molecule has 7 heteroatoms. The lowest BCUT2D eigenvalue weighted by Gasteiger charge is -2.10. The monoisotopic (exact) mass is 386 g/mol. The molecule has 0 aliphatic heterocycles. The third-order valence-corrected chi connectivity index (χ3v) is 3.73. The number of carbonyl (C=O) groups excluding carboxylic acids is 3. The summed E-state index contributed by atoms with van der Waals surface area (Å²) in [6, 6.07) is 10.8. The van der Waals surface area contributed by atoms with Gasteiger partial charge in [0.2, 0.25) is 0 Å². The maximum absolute atomic E-state index is 11.9. The van der Waals surface area contributed by atoms with Crippen LogP contribution < -0.4 is 9.47 Å². The first kappa shape index (κ1) is 21.0. The van der Waals surface area contributed by atoms with Crippen molar-refractivity contribution in [2.45, 2.75) is 20.3 Å². The largest absolute Gasteiger partial charge is 0.507 e. The fourth-order valence-electron chi connectivity index (χ4n) is 2.38. The SMILES string of the molecule is CCOC(=O)C(=O)c1cccc(OCCCOc2ccc(C(C)=O)c(O)c2)c1. The summed E-state index contributed by atoms with van der Waals surface area (Å²) >= 11 is 0. The highest BCUT2D eigenvalue weighted by atomic mass is 16.5. The molecule has 2 rings (SSSR count). The number of benzene rings is 2. The van der Waals surface area contributed by atoms with Gasteiger partial charge in [-0.3, -0.25) is 9.59 Å². The standard InChI is InChI=1S/C21H22O7/c1-3-26-21(25)20(24)15-6-4-7-16(12-15)27-10-5-11-28-17-8-9-18(14(2)22)19(23)13-17/h4,6-9,12-13,23H,3,5,10-11H2,1-2H3. The molecule has 148 valence electrons. The van der Waals surface area contributed by atoms with Crippen molar-refractivity contribution in [2.24, 2.45) is 0 Å². The van der Waals surface area contributed by atoms with Gasteiger partial charge in [-0.1, -0.05) is 12.1 Å². The number of ether oxygens (including phenoxy) is 3.